The number of aromatic nitrogens is 7. The van der Waals surface area contributed by atoms with Crippen LogP contribution in [0.2, 0.25) is 0 Å². The molecular formula is C13H11N7S. The summed E-state index contributed by atoms with van der Waals surface area (Å²) in [4.78, 5) is 4.78. The summed E-state index contributed by atoms with van der Waals surface area (Å²) in [6.45, 7) is 1.97. The zero-order valence-electron chi connectivity index (χ0n) is 11.4. The Hall–Kier alpha value is -2.61. The normalized spacial score (nSPS) is 11.3. The Labute approximate surface area is 123 Å². The highest BCUT2D eigenvalue weighted by Gasteiger charge is 2.16. The van der Waals surface area contributed by atoms with E-state index in [-0.39, 0.29) is 0 Å². The summed E-state index contributed by atoms with van der Waals surface area (Å²) < 4.78 is 3.55. The summed E-state index contributed by atoms with van der Waals surface area (Å²) in [5.74, 6) is 0.719. The van der Waals surface area contributed by atoms with Crippen LogP contribution in [0, 0.1) is 6.92 Å². The van der Waals surface area contributed by atoms with Gasteiger partial charge in [-0.15, -0.1) is 10.2 Å². The second-order valence-electron chi connectivity index (χ2n) is 4.66. The monoisotopic (exact) mass is 297 g/mol. The molecule has 7 nitrogen and oxygen atoms in total. The SMILES string of the molecule is Cc1nn(C)cc1-c1nn2c(-c3ccncc3)nnc2s1. The Kier molecular flexibility index (Phi) is 2.58. The summed E-state index contributed by atoms with van der Waals surface area (Å²) in [7, 11) is 1.90. The van der Waals surface area contributed by atoms with Gasteiger partial charge < -0.3 is 0 Å². The first kappa shape index (κ1) is 12.2. The maximum atomic E-state index is 4.63. The third-order valence-corrected chi connectivity index (χ3v) is 4.11. The van der Waals surface area contributed by atoms with Crippen LogP contribution >= 0.6 is 11.3 Å². The molecule has 0 radical (unpaired) electrons. The molecule has 0 amide bonds. The fourth-order valence-electron chi connectivity index (χ4n) is 2.22. The van der Waals surface area contributed by atoms with E-state index in [4.69, 9.17) is 0 Å². The minimum Gasteiger partial charge on any atom is -0.275 e. The van der Waals surface area contributed by atoms with Crippen molar-refractivity contribution >= 4 is 16.3 Å². The average Bonchev–Trinajstić information content (AvgIpc) is 3.13. The molecule has 4 rings (SSSR count). The summed E-state index contributed by atoms with van der Waals surface area (Å²) in [5.41, 5.74) is 2.92. The number of hydrogen-bond acceptors (Lipinski definition) is 6. The quantitative estimate of drug-likeness (QED) is 0.565. The highest BCUT2D eigenvalue weighted by atomic mass is 32.1. The number of fused-ring (bicyclic) bond motifs is 1. The molecule has 0 N–H and O–H groups in total. The van der Waals surface area contributed by atoms with Crippen LogP contribution in [0.15, 0.2) is 30.7 Å². The molecule has 0 bridgehead atoms. The van der Waals surface area contributed by atoms with E-state index < -0.39 is 0 Å². The number of aryl methyl sites for hydroxylation is 2. The van der Waals surface area contributed by atoms with Gasteiger partial charge in [-0.2, -0.15) is 14.7 Å². The summed E-state index contributed by atoms with van der Waals surface area (Å²) >= 11 is 1.50. The van der Waals surface area contributed by atoms with Crippen molar-refractivity contribution in [3.05, 3.63) is 36.4 Å². The van der Waals surface area contributed by atoms with Gasteiger partial charge in [0.1, 0.15) is 0 Å². The summed E-state index contributed by atoms with van der Waals surface area (Å²) in [5, 5.41) is 18.3. The Balaban J connectivity index is 1.88. The van der Waals surface area contributed by atoms with E-state index >= 15 is 0 Å². The van der Waals surface area contributed by atoms with E-state index in [0.29, 0.717) is 0 Å². The Morgan fingerprint density at radius 1 is 1.10 bits per heavy atom. The van der Waals surface area contributed by atoms with Crippen LogP contribution in [0.3, 0.4) is 0 Å². The van der Waals surface area contributed by atoms with Crippen LogP contribution in [0.4, 0.5) is 0 Å². The average molecular weight is 297 g/mol. The van der Waals surface area contributed by atoms with Gasteiger partial charge in [-0.25, -0.2) is 0 Å². The second-order valence-corrected chi connectivity index (χ2v) is 5.62. The molecule has 0 spiro atoms. The lowest BCUT2D eigenvalue weighted by atomic mass is 10.2. The first-order valence-corrected chi connectivity index (χ1v) is 7.17. The molecule has 4 aromatic heterocycles. The van der Waals surface area contributed by atoms with Gasteiger partial charge in [0.15, 0.2) is 10.8 Å². The molecule has 0 fully saturated rings. The smallest absolute Gasteiger partial charge is 0.235 e. The summed E-state index contributed by atoms with van der Waals surface area (Å²) in [6.07, 6.45) is 5.43. The van der Waals surface area contributed by atoms with Crippen molar-refractivity contribution in [2.24, 2.45) is 7.05 Å². The van der Waals surface area contributed by atoms with Crippen molar-refractivity contribution in [2.45, 2.75) is 6.92 Å². The minimum atomic E-state index is 0.719. The third kappa shape index (κ3) is 1.91. The summed E-state index contributed by atoms with van der Waals surface area (Å²) in [6, 6.07) is 3.79. The van der Waals surface area contributed by atoms with Gasteiger partial charge in [0, 0.05) is 31.2 Å². The molecule has 8 heteroatoms. The molecule has 104 valence electrons. The minimum absolute atomic E-state index is 0.719. The van der Waals surface area contributed by atoms with E-state index in [0.717, 1.165) is 32.6 Å². The fraction of sp³-hybridized carbons (Fsp3) is 0.154. The Bertz CT molecular complexity index is 919. The lowest BCUT2D eigenvalue weighted by Gasteiger charge is -1.95. The second kappa shape index (κ2) is 4.45. The van der Waals surface area contributed by atoms with Crippen molar-refractivity contribution < 1.29 is 0 Å². The maximum Gasteiger partial charge on any atom is 0.235 e. The van der Waals surface area contributed by atoms with Crippen LogP contribution in [-0.4, -0.2) is 34.6 Å². The zero-order chi connectivity index (χ0) is 14.4. The molecule has 4 aromatic rings. The van der Waals surface area contributed by atoms with Gasteiger partial charge in [-0.05, 0) is 19.1 Å². The van der Waals surface area contributed by atoms with E-state index in [1.165, 1.54) is 11.3 Å². The van der Waals surface area contributed by atoms with Crippen LogP contribution in [0.5, 0.6) is 0 Å². The first-order chi connectivity index (χ1) is 10.2. The molecule has 21 heavy (non-hydrogen) atoms. The Morgan fingerprint density at radius 3 is 2.62 bits per heavy atom. The van der Waals surface area contributed by atoms with Crippen molar-refractivity contribution in [1.82, 2.24) is 34.6 Å². The lowest BCUT2D eigenvalue weighted by molar-refractivity contribution is 0.756. The van der Waals surface area contributed by atoms with Crippen molar-refractivity contribution in [1.29, 1.82) is 0 Å². The maximum absolute atomic E-state index is 4.63. The first-order valence-electron chi connectivity index (χ1n) is 6.35. The molecule has 0 saturated heterocycles. The topological polar surface area (TPSA) is 73.8 Å². The van der Waals surface area contributed by atoms with Gasteiger partial charge in [0.2, 0.25) is 4.96 Å². The third-order valence-electron chi connectivity index (χ3n) is 3.17. The molecule has 0 aromatic carbocycles. The van der Waals surface area contributed by atoms with Crippen LogP contribution in [0.25, 0.3) is 26.9 Å². The number of nitrogens with zero attached hydrogens (tertiary/aromatic N) is 7. The number of rotatable bonds is 2. The molecule has 0 unspecified atom stereocenters. The van der Waals surface area contributed by atoms with Gasteiger partial charge in [-0.3, -0.25) is 9.67 Å². The molecule has 4 heterocycles. The van der Waals surface area contributed by atoms with Crippen LogP contribution < -0.4 is 0 Å². The Morgan fingerprint density at radius 2 is 1.90 bits per heavy atom. The molecule has 0 saturated carbocycles. The lowest BCUT2D eigenvalue weighted by Crippen LogP contribution is -1.91. The van der Waals surface area contributed by atoms with Crippen LogP contribution in [-0.2, 0) is 7.05 Å². The van der Waals surface area contributed by atoms with Crippen LogP contribution in [0.1, 0.15) is 5.69 Å². The number of pyridine rings is 1. The van der Waals surface area contributed by atoms with E-state index in [9.17, 15) is 0 Å². The zero-order valence-corrected chi connectivity index (χ0v) is 12.2. The van der Waals surface area contributed by atoms with E-state index in [2.05, 4.69) is 25.4 Å². The van der Waals surface area contributed by atoms with Crippen molar-refractivity contribution in [3.63, 3.8) is 0 Å². The van der Waals surface area contributed by atoms with Crippen molar-refractivity contribution in [3.8, 4) is 22.0 Å². The van der Waals surface area contributed by atoms with Gasteiger partial charge in [0.05, 0.1) is 11.3 Å². The van der Waals surface area contributed by atoms with Gasteiger partial charge >= 0.3 is 0 Å². The molecule has 0 atom stereocenters. The largest absolute Gasteiger partial charge is 0.275 e. The fourth-order valence-corrected chi connectivity index (χ4v) is 3.12. The number of hydrogen-bond donors (Lipinski definition) is 0. The predicted octanol–water partition coefficient (Wildman–Crippen LogP) is 1.96. The molecule has 0 aliphatic rings. The van der Waals surface area contributed by atoms with E-state index in [1.807, 2.05) is 32.3 Å². The molecule has 0 aliphatic carbocycles. The van der Waals surface area contributed by atoms with E-state index in [1.54, 1.807) is 21.6 Å². The predicted molar refractivity (Wildman–Crippen MR) is 78.8 cm³/mol. The van der Waals surface area contributed by atoms with Gasteiger partial charge in [0.25, 0.3) is 0 Å². The van der Waals surface area contributed by atoms with Crippen molar-refractivity contribution in [2.75, 3.05) is 0 Å². The highest BCUT2D eigenvalue weighted by Crippen LogP contribution is 2.29. The standard InChI is InChI=1S/C13H11N7S/c1-8-10(7-19(2)17-8)12-18-20-11(15-16-13(20)21-12)9-3-5-14-6-4-9/h3-7H,1-2H3. The highest BCUT2D eigenvalue weighted by molar-refractivity contribution is 7.19. The molecular weight excluding hydrogens is 286 g/mol. The van der Waals surface area contributed by atoms with Gasteiger partial charge in [-0.1, -0.05) is 11.3 Å². The molecule has 0 aliphatic heterocycles.